The number of carbonyl (C=O) groups excluding carboxylic acids is 2. The number of rotatable bonds is 8. The summed E-state index contributed by atoms with van der Waals surface area (Å²) < 4.78 is 10.3. The van der Waals surface area contributed by atoms with E-state index in [1.807, 2.05) is 0 Å². The Bertz CT molecular complexity index is 425. The topological polar surface area (TPSA) is 102 Å². The summed E-state index contributed by atoms with van der Waals surface area (Å²) in [6, 6.07) is -0.225. The molecule has 134 valence electrons. The molecule has 0 aromatic heterocycles. The fourth-order valence-electron chi connectivity index (χ4n) is 1.52. The highest BCUT2D eigenvalue weighted by Gasteiger charge is 2.27. The van der Waals surface area contributed by atoms with Gasteiger partial charge in [-0.3, -0.25) is 4.79 Å². The number of alkyl carbamates (subject to hydrolysis) is 1. The van der Waals surface area contributed by atoms with Gasteiger partial charge >= 0.3 is 18.0 Å². The molecule has 0 spiro atoms. The van der Waals surface area contributed by atoms with E-state index in [0.29, 0.717) is 0 Å². The highest BCUT2D eigenvalue weighted by atomic mass is 28.3. The molecule has 0 heterocycles. The zero-order chi connectivity index (χ0) is 18.3. The third-order valence-electron chi connectivity index (χ3n) is 2.72. The third kappa shape index (κ3) is 12.6. The Labute approximate surface area is 138 Å². The van der Waals surface area contributed by atoms with Crippen LogP contribution in [0.2, 0.25) is 25.7 Å². The van der Waals surface area contributed by atoms with Crippen molar-refractivity contribution in [2.24, 2.45) is 0 Å². The smallest absolute Gasteiger partial charge is 0.407 e. The fraction of sp³-hybridized carbons (Fsp3) is 0.800. The van der Waals surface area contributed by atoms with Gasteiger partial charge in [-0.15, -0.1) is 0 Å². The standard InChI is InChI=1S/C15H29NO6Si/c1-15(2,3)22-13(19)11(7-8-12(17)18)16-14(20)21-9-10-23(4,5)6/h11H,7-10H2,1-6H3,(H,16,20)(H,17,18)/t11-/m0/s1. The molecular formula is C15H29NO6Si. The zero-order valence-electron chi connectivity index (χ0n) is 14.9. The number of esters is 1. The second-order valence-corrected chi connectivity index (χ2v) is 13.2. The third-order valence-corrected chi connectivity index (χ3v) is 4.42. The van der Waals surface area contributed by atoms with Gasteiger partial charge in [0.1, 0.15) is 11.6 Å². The number of carboxylic acid groups (broad SMARTS) is 1. The minimum absolute atomic E-state index is 0.0482. The molecule has 0 radical (unpaired) electrons. The highest BCUT2D eigenvalue weighted by molar-refractivity contribution is 6.76. The van der Waals surface area contributed by atoms with Gasteiger partial charge in [-0.25, -0.2) is 9.59 Å². The molecule has 0 rings (SSSR count). The van der Waals surface area contributed by atoms with Gasteiger partial charge in [0, 0.05) is 14.5 Å². The summed E-state index contributed by atoms with van der Waals surface area (Å²) in [5, 5.41) is 11.1. The Kier molecular flexibility index (Phi) is 8.29. The van der Waals surface area contributed by atoms with E-state index in [0.717, 1.165) is 6.04 Å². The summed E-state index contributed by atoms with van der Waals surface area (Å²) in [4.78, 5) is 34.5. The highest BCUT2D eigenvalue weighted by Crippen LogP contribution is 2.11. The Morgan fingerprint density at radius 1 is 1.17 bits per heavy atom. The normalized spacial score (nSPS) is 13.1. The van der Waals surface area contributed by atoms with Gasteiger partial charge in [-0.05, 0) is 33.2 Å². The largest absolute Gasteiger partial charge is 0.481 e. The number of hydrogen-bond donors (Lipinski definition) is 2. The minimum Gasteiger partial charge on any atom is -0.481 e. The van der Waals surface area contributed by atoms with Crippen molar-refractivity contribution in [1.82, 2.24) is 5.32 Å². The number of aliphatic carboxylic acids is 1. The van der Waals surface area contributed by atoms with E-state index in [9.17, 15) is 14.4 Å². The molecule has 0 saturated heterocycles. The molecule has 0 aliphatic carbocycles. The van der Waals surface area contributed by atoms with Crippen molar-refractivity contribution < 1.29 is 29.0 Å². The second kappa shape index (κ2) is 8.90. The molecule has 0 saturated carbocycles. The minimum atomic E-state index is -1.32. The molecule has 1 amide bonds. The number of amides is 1. The molecule has 7 nitrogen and oxygen atoms in total. The van der Waals surface area contributed by atoms with Gasteiger partial charge in [-0.2, -0.15) is 0 Å². The van der Waals surface area contributed by atoms with Crippen LogP contribution in [0.15, 0.2) is 0 Å². The number of nitrogens with one attached hydrogen (secondary N) is 1. The summed E-state index contributed by atoms with van der Waals surface area (Å²) in [6.07, 6.45) is -1.03. The Hall–Kier alpha value is -1.57. The molecule has 0 unspecified atom stereocenters. The fourth-order valence-corrected chi connectivity index (χ4v) is 2.24. The number of carboxylic acids is 1. The second-order valence-electron chi connectivity index (χ2n) is 7.61. The number of hydrogen-bond acceptors (Lipinski definition) is 5. The van der Waals surface area contributed by atoms with Crippen molar-refractivity contribution in [3.8, 4) is 0 Å². The summed E-state index contributed by atoms with van der Waals surface area (Å²) in [5.74, 6) is -1.71. The van der Waals surface area contributed by atoms with E-state index in [-0.39, 0.29) is 19.4 Å². The van der Waals surface area contributed by atoms with Gasteiger partial charge in [-0.1, -0.05) is 19.6 Å². The van der Waals surface area contributed by atoms with Crippen molar-refractivity contribution in [3.63, 3.8) is 0 Å². The first-order chi connectivity index (χ1) is 10.3. The first kappa shape index (κ1) is 21.4. The van der Waals surface area contributed by atoms with E-state index in [1.165, 1.54) is 0 Å². The monoisotopic (exact) mass is 347 g/mol. The number of ether oxygens (including phenoxy) is 2. The van der Waals surface area contributed by atoms with Crippen LogP contribution < -0.4 is 5.32 Å². The van der Waals surface area contributed by atoms with E-state index in [4.69, 9.17) is 14.6 Å². The lowest BCUT2D eigenvalue weighted by molar-refractivity contribution is -0.157. The molecule has 0 aromatic carbocycles. The van der Waals surface area contributed by atoms with Crippen LogP contribution in [0.4, 0.5) is 4.79 Å². The molecule has 23 heavy (non-hydrogen) atoms. The van der Waals surface area contributed by atoms with Crippen LogP contribution in [0.25, 0.3) is 0 Å². The van der Waals surface area contributed by atoms with Crippen molar-refractivity contribution in [1.29, 1.82) is 0 Å². The van der Waals surface area contributed by atoms with Crippen molar-refractivity contribution in [2.45, 2.75) is 70.9 Å². The molecule has 0 aromatic rings. The van der Waals surface area contributed by atoms with Gasteiger partial charge in [0.2, 0.25) is 0 Å². The first-order valence-corrected chi connectivity index (χ1v) is 11.4. The van der Waals surface area contributed by atoms with Crippen molar-refractivity contribution in [3.05, 3.63) is 0 Å². The molecule has 0 bridgehead atoms. The van der Waals surface area contributed by atoms with Crippen LogP contribution in [0.5, 0.6) is 0 Å². The molecule has 8 heteroatoms. The van der Waals surface area contributed by atoms with Crippen molar-refractivity contribution in [2.75, 3.05) is 6.61 Å². The molecule has 0 fully saturated rings. The van der Waals surface area contributed by atoms with Gasteiger partial charge in [0.15, 0.2) is 0 Å². The maximum Gasteiger partial charge on any atom is 0.407 e. The first-order valence-electron chi connectivity index (χ1n) is 7.68. The predicted octanol–water partition coefficient (Wildman–Crippen LogP) is 2.63. The molecule has 0 aliphatic heterocycles. The molecular weight excluding hydrogens is 318 g/mol. The van der Waals surface area contributed by atoms with Crippen LogP contribution in [0.1, 0.15) is 33.6 Å². The summed E-state index contributed by atoms with van der Waals surface area (Å²) in [7, 11) is -1.32. The van der Waals surface area contributed by atoms with Crippen molar-refractivity contribution >= 4 is 26.1 Å². The SMILES string of the molecule is CC(C)(C)OC(=O)[C@H](CCC(=O)O)NC(=O)OCC[Si](C)(C)C. The quantitative estimate of drug-likeness (QED) is 0.517. The Morgan fingerprint density at radius 3 is 2.17 bits per heavy atom. The lowest BCUT2D eigenvalue weighted by Crippen LogP contribution is -2.44. The van der Waals surface area contributed by atoms with Crippen LogP contribution in [-0.4, -0.2) is 49.5 Å². The molecule has 0 aliphatic rings. The molecule has 2 N–H and O–H groups in total. The van der Waals surface area contributed by atoms with Gasteiger partial charge in [0.25, 0.3) is 0 Å². The molecule has 1 atom stereocenters. The van der Waals surface area contributed by atoms with Crippen LogP contribution >= 0.6 is 0 Å². The summed E-state index contributed by atoms with van der Waals surface area (Å²) in [6.45, 7) is 11.9. The zero-order valence-corrected chi connectivity index (χ0v) is 15.9. The maximum atomic E-state index is 12.1. The van der Waals surface area contributed by atoms with Crippen LogP contribution in [-0.2, 0) is 19.1 Å². The predicted molar refractivity (Wildman–Crippen MR) is 89.1 cm³/mol. The van der Waals surface area contributed by atoms with E-state index in [2.05, 4.69) is 25.0 Å². The van der Waals surface area contributed by atoms with E-state index < -0.39 is 37.7 Å². The number of carbonyl (C=O) groups is 3. The average molecular weight is 347 g/mol. The maximum absolute atomic E-state index is 12.1. The van der Waals surface area contributed by atoms with E-state index in [1.54, 1.807) is 20.8 Å². The van der Waals surface area contributed by atoms with Crippen LogP contribution in [0, 0.1) is 0 Å². The van der Waals surface area contributed by atoms with E-state index >= 15 is 0 Å². The average Bonchev–Trinajstić information content (AvgIpc) is 2.30. The summed E-state index contributed by atoms with van der Waals surface area (Å²) in [5.41, 5.74) is -0.720. The van der Waals surface area contributed by atoms with Gasteiger partial charge < -0.3 is 19.9 Å². The summed E-state index contributed by atoms with van der Waals surface area (Å²) >= 11 is 0. The Morgan fingerprint density at radius 2 is 1.74 bits per heavy atom. The lowest BCUT2D eigenvalue weighted by Gasteiger charge is -2.24. The lowest BCUT2D eigenvalue weighted by atomic mass is 10.1. The van der Waals surface area contributed by atoms with Gasteiger partial charge in [0.05, 0.1) is 6.61 Å². The Balaban J connectivity index is 4.58. The van der Waals surface area contributed by atoms with Crippen LogP contribution in [0.3, 0.4) is 0 Å².